The first-order valence-electron chi connectivity index (χ1n) is 16.0. The van der Waals surface area contributed by atoms with E-state index in [4.69, 9.17) is 9.47 Å². The van der Waals surface area contributed by atoms with Crippen LogP contribution in [0, 0.1) is 17.8 Å². The lowest BCUT2D eigenvalue weighted by Crippen LogP contribution is -2.25. The van der Waals surface area contributed by atoms with Crippen molar-refractivity contribution in [2.75, 3.05) is 6.61 Å². The van der Waals surface area contributed by atoms with E-state index in [0.717, 1.165) is 49.5 Å². The second-order valence-corrected chi connectivity index (χ2v) is 12.0. The Morgan fingerprint density at radius 1 is 0.718 bits per heavy atom. The number of nitrogens with zero attached hydrogens (tertiary/aromatic N) is 2. The maximum Gasteiger partial charge on any atom is 0.314 e. The van der Waals surface area contributed by atoms with Gasteiger partial charge >= 0.3 is 5.97 Å². The summed E-state index contributed by atoms with van der Waals surface area (Å²) in [6.07, 6.45) is 26.5. The van der Waals surface area contributed by atoms with Crippen molar-refractivity contribution in [1.82, 2.24) is 9.97 Å². The number of hydrogen-bond donors (Lipinski definition) is 0. The molecule has 0 amide bonds. The zero-order chi connectivity index (χ0) is 27.1. The molecule has 0 unspecified atom stereocenters. The van der Waals surface area contributed by atoms with Gasteiger partial charge in [0.15, 0.2) is 11.6 Å². The number of carbonyl (C=O) groups excluding carboxylic acids is 1. The molecule has 1 aromatic carbocycles. The highest BCUT2D eigenvalue weighted by Crippen LogP contribution is 2.34. The highest BCUT2D eigenvalue weighted by molar-refractivity contribution is 5.75. The average Bonchev–Trinajstić information content (AvgIpc) is 3.80. The summed E-state index contributed by atoms with van der Waals surface area (Å²) in [6.45, 7) is 2.96. The van der Waals surface area contributed by atoms with Crippen LogP contribution in [0.1, 0.15) is 122 Å². The number of rotatable bonds is 18. The molecule has 2 aliphatic carbocycles. The molecule has 1 heterocycles. The van der Waals surface area contributed by atoms with Crippen molar-refractivity contribution in [2.24, 2.45) is 17.8 Å². The molecule has 0 radical (unpaired) electrons. The fourth-order valence-corrected chi connectivity index (χ4v) is 5.80. The molecule has 0 atom stereocenters. The number of esters is 1. The van der Waals surface area contributed by atoms with Gasteiger partial charge in [0, 0.05) is 5.56 Å². The predicted octanol–water partition coefficient (Wildman–Crippen LogP) is 9.35. The number of carbonyl (C=O) groups is 1. The van der Waals surface area contributed by atoms with Crippen LogP contribution in [0.3, 0.4) is 0 Å². The van der Waals surface area contributed by atoms with Crippen LogP contribution in [-0.2, 0) is 4.79 Å². The van der Waals surface area contributed by atoms with Crippen LogP contribution in [0.2, 0.25) is 0 Å². The Labute approximate surface area is 236 Å². The van der Waals surface area contributed by atoms with E-state index >= 15 is 0 Å². The highest BCUT2D eigenvalue weighted by Gasteiger charge is 2.27. The second kappa shape index (κ2) is 16.6. The molecule has 0 saturated heterocycles. The molecule has 39 heavy (non-hydrogen) atoms. The molecule has 5 heteroatoms. The van der Waals surface area contributed by atoms with Gasteiger partial charge in [-0.15, -0.1) is 0 Å². The van der Waals surface area contributed by atoms with Crippen molar-refractivity contribution in [3.8, 4) is 22.9 Å². The average molecular weight is 535 g/mol. The molecule has 0 bridgehead atoms. The molecule has 0 spiro atoms. The Balaban J connectivity index is 1.09. The fraction of sp³-hybridized carbons (Fsp3) is 0.676. The summed E-state index contributed by atoms with van der Waals surface area (Å²) in [5, 5.41) is 0. The largest absolute Gasteiger partial charge is 0.490 e. The minimum absolute atomic E-state index is 0.0320. The van der Waals surface area contributed by atoms with Crippen molar-refractivity contribution in [2.45, 2.75) is 122 Å². The lowest BCUT2D eigenvalue weighted by molar-refractivity contribution is -0.140. The first-order valence-corrected chi connectivity index (χ1v) is 16.0. The van der Waals surface area contributed by atoms with Gasteiger partial charge in [-0.05, 0) is 68.2 Å². The molecule has 2 aromatic rings. The van der Waals surface area contributed by atoms with Gasteiger partial charge in [0.1, 0.15) is 5.75 Å². The summed E-state index contributed by atoms with van der Waals surface area (Å²) in [5.74, 6) is 3.76. The van der Waals surface area contributed by atoms with Crippen LogP contribution in [-0.4, -0.2) is 22.5 Å². The Bertz CT molecular complexity index is 947. The normalized spacial score (nSPS) is 19.1. The fourth-order valence-electron chi connectivity index (χ4n) is 5.80. The topological polar surface area (TPSA) is 61.3 Å². The molecule has 2 fully saturated rings. The first kappa shape index (κ1) is 29.6. The van der Waals surface area contributed by atoms with Crippen LogP contribution < -0.4 is 9.47 Å². The van der Waals surface area contributed by atoms with Gasteiger partial charge in [0.05, 0.1) is 24.9 Å². The predicted molar refractivity (Wildman–Crippen MR) is 158 cm³/mol. The summed E-state index contributed by atoms with van der Waals surface area (Å²) in [6, 6.07) is 7.50. The Hall–Kier alpha value is -2.43. The molecule has 2 aliphatic rings. The SMILES string of the molecule is CCCCC[C@H]1CC[C@H](C(=O)Oc2ccc(-c3ncc(OCCCCCCCCCC4CC4)cn3)cc2)CC1. The molecule has 5 nitrogen and oxygen atoms in total. The summed E-state index contributed by atoms with van der Waals surface area (Å²) in [5.41, 5.74) is 0.895. The van der Waals surface area contributed by atoms with Crippen LogP contribution >= 0.6 is 0 Å². The molecule has 0 N–H and O–H groups in total. The Morgan fingerprint density at radius 2 is 1.28 bits per heavy atom. The summed E-state index contributed by atoms with van der Waals surface area (Å²) >= 11 is 0. The van der Waals surface area contributed by atoms with E-state index in [1.54, 1.807) is 12.4 Å². The summed E-state index contributed by atoms with van der Waals surface area (Å²) < 4.78 is 11.5. The molecule has 4 rings (SSSR count). The third-order valence-electron chi connectivity index (χ3n) is 8.58. The Kier molecular flexibility index (Phi) is 12.6. The van der Waals surface area contributed by atoms with E-state index in [2.05, 4.69) is 16.9 Å². The van der Waals surface area contributed by atoms with Crippen molar-refractivity contribution in [1.29, 1.82) is 0 Å². The van der Waals surface area contributed by atoms with Gasteiger partial charge in [0.25, 0.3) is 0 Å². The van der Waals surface area contributed by atoms with Crippen molar-refractivity contribution in [3.05, 3.63) is 36.7 Å². The van der Waals surface area contributed by atoms with E-state index in [1.807, 2.05) is 24.3 Å². The molecule has 2 saturated carbocycles. The standard InChI is InChI=1S/C34H50N2O3/c1-2-3-9-12-28-16-18-30(19-17-28)34(37)39-31-22-20-29(21-23-31)33-35-25-32(26-36-33)38-24-11-8-6-4-5-7-10-13-27-14-15-27/h20-23,25-28,30H,2-19,24H2,1H3/t28-,30-. The van der Waals surface area contributed by atoms with Crippen molar-refractivity contribution in [3.63, 3.8) is 0 Å². The molecular weight excluding hydrogens is 484 g/mol. The number of benzene rings is 1. The molecule has 214 valence electrons. The smallest absolute Gasteiger partial charge is 0.314 e. The van der Waals surface area contributed by atoms with Gasteiger partial charge in [-0.1, -0.05) is 90.4 Å². The number of ether oxygens (including phenoxy) is 2. The van der Waals surface area contributed by atoms with Gasteiger partial charge in [-0.3, -0.25) is 4.79 Å². The van der Waals surface area contributed by atoms with Gasteiger partial charge in [-0.25, -0.2) is 9.97 Å². The highest BCUT2D eigenvalue weighted by atomic mass is 16.5. The monoisotopic (exact) mass is 534 g/mol. The molecule has 1 aromatic heterocycles. The quantitative estimate of drug-likeness (QED) is 0.108. The lowest BCUT2D eigenvalue weighted by Gasteiger charge is -2.27. The maximum atomic E-state index is 12.7. The number of hydrogen-bond acceptors (Lipinski definition) is 5. The number of unbranched alkanes of at least 4 members (excludes halogenated alkanes) is 8. The van der Waals surface area contributed by atoms with Crippen molar-refractivity contribution >= 4 is 5.97 Å². The van der Waals surface area contributed by atoms with E-state index < -0.39 is 0 Å². The third-order valence-corrected chi connectivity index (χ3v) is 8.58. The van der Waals surface area contributed by atoms with Crippen LogP contribution in [0.15, 0.2) is 36.7 Å². The first-order chi connectivity index (χ1) is 19.2. The number of aromatic nitrogens is 2. The minimum Gasteiger partial charge on any atom is -0.490 e. The van der Waals surface area contributed by atoms with E-state index in [-0.39, 0.29) is 11.9 Å². The van der Waals surface area contributed by atoms with E-state index in [0.29, 0.717) is 23.9 Å². The van der Waals surface area contributed by atoms with Crippen molar-refractivity contribution < 1.29 is 14.3 Å². The maximum absolute atomic E-state index is 12.7. The van der Waals surface area contributed by atoms with Crippen LogP contribution in [0.4, 0.5) is 0 Å². The summed E-state index contributed by atoms with van der Waals surface area (Å²) in [7, 11) is 0. The zero-order valence-electron chi connectivity index (χ0n) is 24.3. The molecule has 0 aliphatic heterocycles. The third kappa shape index (κ3) is 10.9. The Morgan fingerprint density at radius 3 is 1.90 bits per heavy atom. The molecular formula is C34H50N2O3. The minimum atomic E-state index is -0.0867. The second-order valence-electron chi connectivity index (χ2n) is 12.0. The van der Waals surface area contributed by atoms with Crippen LogP contribution in [0.5, 0.6) is 11.5 Å². The van der Waals surface area contributed by atoms with E-state index in [1.165, 1.54) is 83.5 Å². The van der Waals surface area contributed by atoms with Gasteiger partial charge in [-0.2, -0.15) is 0 Å². The zero-order valence-corrected chi connectivity index (χ0v) is 24.3. The van der Waals surface area contributed by atoms with E-state index in [9.17, 15) is 4.79 Å². The van der Waals surface area contributed by atoms with Gasteiger partial charge in [0.2, 0.25) is 0 Å². The van der Waals surface area contributed by atoms with Gasteiger partial charge < -0.3 is 9.47 Å². The summed E-state index contributed by atoms with van der Waals surface area (Å²) in [4.78, 5) is 21.6. The lowest BCUT2D eigenvalue weighted by atomic mass is 9.80. The van der Waals surface area contributed by atoms with Crippen LogP contribution in [0.25, 0.3) is 11.4 Å².